The van der Waals surface area contributed by atoms with Gasteiger partial charge in [0.1, 0.15) is 5.58 Å². The topological polar surface area (TPSA) is 120 Å². The van der Waals surface area contributed by atoms with E-state index < -0.39 is 5.97 Å². The summed E-state index contributed by atoms with van der Waals surface area (Å²) in [6.07, 6.45) is 4.78. The molecule has 0 aliphatic heterocycles. The lowest BCUT2D eigenvalue weighted by molar-refractivity contribution is -0.117. The summed E-state index contributed by atoms with van der Waals surface area (Å²) in [5, 5.41) is 17.1. The molecule has 2 heterocycles. The van der Waals surface area contributed by atoms with Crippen LogP contribution in [0, 0.1) is 11.3 Å². The maximum atomic E-state index is 12.6. The first-order valence-corrected chi connectivity index (χ1v) is 11.7. The van der Waals surface area contributed by atoms with Crippen molar-refractivity contribution in [1.82, 2.24) is 10.3 Å². The SMILES string of the molecule is CCOC(=O)c1cc2cc(NC(=O)[C@@H](C)NCCCCc3c[nH]c4ccc(C#N)cc34)ccc2o1. The number of ether oxygens (including phenoxy) is 1. The number of hydrogen-bond acceptors (Lipinski definition) is 6. The van der Waals surface area contributed by atoms with Gasteiger partial charge in [-0.3, -0.25) is 4.79 Å². The second kappa shape index (κ2) is 10.9. The van der Waals surface area contributed by atoms with E-state index >= 15 is 0 Å². The number of carbonyl (C=O) groups is 2. The molecule has 1 atom stereocenters. The molecule has 4 aromatic rings. The van der Waals surface area contributed by atoms with Crippen molar-refractivity contribution >= 4 is 39.4 Å². The number of unbranched alkanes of at least 4 members (excludes halogenated alkanes) is 1. The zero-order chi connectivity index (χ0) is 24.8. The Morgan fingerprint density at radius 1 is 1.17 bits per heavy atom. The van der Waals surface area contributed by atoms with Crippen molar-refractivity contribution in [3.05, 3.63) is 65.5 Å². The molecule has 8 nitrogen and oxygen atoms in total. The van der Waals surface area contributed by atoms with Gasteiger partial charge in [0.2, 0.25) is 11.7 Å². The van der Waals surface area contributed by atoms with Gasteiger partial charge in [-0.25, -0.2) is 4.79 Å². The Hall–Kier alpha value is -4.09. The number of hydrogen-bond donors (Lipinski definition) is 3. The first-order valence-electron chi connectivity index (χ1n) is 11.7. The van der Waals surface area contributed by atoms with Gasteiger partial charge in [0.05, 0.1) is 24.3 Å². The Morgan fingerprint density at radius 3 is 2.83 bits per heavy atom. The third-order valence-corrected chi connectivity index (χ3v) is 5.87. The molecule has 0 spiro atoms. The predicted octanol–water partition coefficient (Wildman–Crippen LogP) is 4.90. The standard InChI is InChI=1S/C27H28N4O4/c1-3-34-27(33)25-14-20-13-21(8-10-24(20)35-25)31-26(32)17(2)29-11-5-4-6-19-16-30-23-9-7-18(15-28)12-22(19)23/h7-10,12-14,16-17,29-30H,3-6,11H2,1-2H3,(H,31,32)/t17-/m1/s1. The Morgan fingerprint density at radius 2 is 2.03 bits per heavy atom. The first kappa shape index (κ1) is 24.0. The average molecular weight is 473 g/mol. The normalized spacial score (nSPS) is 11.9. The van der Waals surface area contributed by atoms with Crippen molar-refractivity contribution in [2.75, 3.05) is 18.5 Å². The van der Waals surface area contributed by atoms with Crippen molar-refractivity contribution in [1.29, 1.82) is 5.26 Å². The number of aromatic nitrogens is 1. The van der Waals surface area contributed by atoms with Crippen LogP contribution in [0.4, 0.5) is 5.69 Å². The van der Waals surface area contributed by atoms with Crippen molar-refractivity contribution in [3.8, 4) is 6.07 Å². The second-order valence-corrected chi connectivity index (χ2v) is 8.39. The van der Waals surface area contributed by atoms with Gasteiger partial charge in [-0.2, -0.15) is 5.26 Å². The number of nitriles is 1. The molecule has 0 saturated heterocycles. The van der Waals surface area contributed by atoms with Crippen LogP contribution in [0.3, 0.4) is 0 Å². The van der Waals surface area contributed by atoms with Crippen LogP contribution < -0.4 is 10.6 Å². The lowest BCUT2D eigenvalue weighted by atomic mass is 10.1. The number of anilines is 1. The van der Waals surface area contributed by atoms with Gasteiger partial charge in [-0.05, 0) is 87.7 Å². The van der Waals surface area contributed by atoms with Crippen LogP contribution in [0.2, 0.25) is 0 Å². The minimum Gasteiger partial charge on any atom is -0.460 e. The number of rotatable bonds is 10. The summed E-state index contributed by atoms with van der Waals surface area (Å²) < 4.78 is 10.5. The fraction of sp³-hybridized carbons (Fsp3) is 0.296. The van der Waals surface area contributed by atoms with Gasteiger partial charge in [-0.15, -0.1) is 0 Å². The molecule has 0 fully saturated rings. The van der Waals surface area contributed by atoms with Gasteiger partial charge >= 0.3 is 5.97 Å². The number of nitrogens with one attached hydrogen (secondary N) is 3. The molecular formula is C27H28N4O4. The van der Waals surface area contributed by atoms with E-state index in [0.717, 1.165) is 30.2 Å². The maximum Gasteiger partial charge on any atom is 0.374 e. The Balaban J connectivity index is 1.24. The molecule has 0 bridgehead atoms. The number of furan rings is 1. The predicted molar refractivity (Wildman–Crippen MR) is 134 cm³/mol. The average Bonchev–Trinajstić information content (AvgIpc) is 3.47. The van der Waals surface area contributed by atoms with Crippen molar-refractivity contribution in [3.63, 3.8) is 0 Å². The van der Waals surface area contributed by atoms with Crippen LogP contribution in [-0.4, -0.2) is 36.1 Å². The Bertz CT molecular complexity index is 1400. The molecule has 2 aromatic heterocycles. The summed E-state index contributed by atoms with van der Waals surface area (Å²) in [6, 6.07) is 14.3. The Kier molecular flexibility index (Phi) is 7.48. The monoisotopic (exact) mass is 472 g/mol. The number of carbonyl (C=O) groups excluding carboxylic acids is 2. The molecular weight excluding hydrogens is 444 g/mol. The van der Waals surface area contributed by atoms with Gasteiger partial charge < -0.3 is 24.8 Å². The summed E-state index contributed by atoms with van der Waals surface area (Å²) in [5.74, 6) is -0.513. The van der Waals surface area contributed by atoms with Gasteiger partial charge in [0.15, 0.2) is 0 Å². The molecule has 4 rings (SSSR count). The highest BCUT2D eigenvalue weighted by atomic mass is 16.5. The van der Waals surface area contributed by atoms with Crippen molar-refractivity contribution in [2.24, 2.45) is 0 Å². The van der Waals surface area contributed by atoms with Crippen LogP contribution in [-0.2, 0) is 16.0 Å². The number of benzene rings is 2. The molecule has 35 heavy (non-hydrogen) atoms. The number of nitrogens with zero attached hydrogens (tertiary/aromatic N) is 1. The van der Waals surface area contributed by atoms with Crippen molar-refractivity contribution < 1.29 is 18.7 Å². The highest BCUT2D eigenvalue weighted by Crippen LogP contribution is 2.24. The Labute approximate surface area is 203 Å². The highest BCUT2D eigenvalue weighted by Gasteiger charge is 2.16. The number of amides is 1. The molecule has 1 amide bonds. The largest absolute Gasteiger partial charge is 0.460 e. The van der Waals surface area contributed by atoms with Gasteiger partial charge in [0.25, 0.3) is 0 Å². The van der Waals surface area contributed by atoms with E-state index in [1.807, 2.05) is 31.3 Å². The van der Waals surface area contributed by atoms with Crippen molar-refractivity contribution in [2.45, 2.75) is 39.2 Å². The highest BCUT2D eigenvalue weighted by molar-refractivity contribution is 5.98. The molecule has 8 heteroatoms. The zero-order valence-corrected chi connectivity index (χ0v) is 19.8. The summed E-state index contributed by atoms with van der Waals surface area (Å²) in [7, 11) is 0. The number of fused-ring (bicyclic) bond motifs is 2. The first-order chi connectivity index (χ1) is 17.0. The second-order valence-electron chi connectivity index (χ2n) is 8.39. The summed E-state index contributed by atoms with van der Waals surface area (Å²) in [4.78, 5) is 27.7. The molecule has 0 aliphatic rings. The van der Waals surface area contributed by atoms with E-state index in [4.69, 9.17) is 14.4 Å². The number of aromatic amines is 1. The molecule has 2 aromatic carbocycles. The summed E-state index contributed by atoms with van der Waals surface area (Å²) in [6.45, 7) is 4.55. The van der Waals surface area contributed by atoms with Crippen LogP contribution in [0.25, 0.3) is 21.9 Å². The lowest BCUT2D eigenvalue weighted by Gasteiger charge is -2.14. The quantitative estimate of drug-likeness (QED) is 0.223. The molecule has 3 N–H and O–H groups in total. The van der Waals surface area contributed by atoms with Crippen LogP contribution in [0.5, 0.6) is 0 Å². The van der Waals surface area contributed by atoms with E-state index in [9.17, 15) is 9.59 Å². The summed E-state index contributed by atoms with van der Waals surface area (Å²) in [5.41, 5.74) is 4.07. The number of esters is 1. The fourth-order valence-corrected chi connectivity index (χ4v) is 3.98. The molecule has 0 radical (unpaired) electrons. The molecule has 180 valence electrons. The van der Waals surface area contributed by atoms with E-state index in [0.29, 0.717) is 28.8 Å². The maximum absolute atomic E-state index is 12.6. The smallest absolute Gasteiger partial charge is 0.374 e. The van der Waals surface area contributed by atoms with Crippen LogP contribution >= 0.6 is 0 Å². The van der Waals surface area contributed by atoms with Crippen LogP contribution in [0.15, 0.2) is 53.1 Å². The number of aryl methyl sites for hydroxylation is 1. The van der Waals surface area contributed by atoms with E-state index in [2.05, 4.69) is 21.7 Å². The molecule has 0 unspecified atom stereocenters. The van der Waals surface area contributed by atoms with Gasteiger partial charge in [-0.1, -0.05) is 0 Å². The minimum atomic E-state index is -0.510. The third-order valence-electron chi connectivity index (χ3n) is 5.87. The molecule has 0 aliphatic carbocycles. The van der Waals surface area contributed by atoms with E-state index in [1.54, 1.807) is 31.2 Å². The molecule has 0 saturated carbocycles. The van der Waals surface area contributed by atoms with Gasteiger partial charge in [0, 0.05) is 28.2 Å². The van der Waals surface area contributed by atoms with Crippen LogP contribution in [0.1, 0.15) is 48.4 Å². The summed E-state index contributed by atoms with van der Waals surface area (Å²) >= 11 is 0. The fourth-order valence-electron chi connectivity index (χ4n) is 3.98. The minimum absolute atomic E-state index is 0.138. The third kappa shape index (κ3) is 5.70. The zero-order valence-electron chi connectivity index (χ0n) is 19.8. The van der Waals surface area contributed by atoms with E-state index in [1.165, 1.54) is 5.56 Å². The number of H-pyrrole nitrogens is 1. The lowest BCUT2D eigenvalue weighted by Crippen LogP contribution is -2.38. The van der Waals surface area contributed by atoms with E-state index in [-0.39, 0.29) is 24.3 Å².